The number of ether oxygens (including phenoxy) is 2. The maximum absolute atomic E-state index is 14.0. The Morgan fingerprint density at radius 3 is 2.48 bits per heavy atom. The summed E-state index contributed by atoms with van der Waals surface area (Å²) in [5.41, 5.74) is 5.68. The lowest BCUT2D eigenvalue weighted by atomic mass is 9.93. The van der Waals surface area contributed by atoms with Crippen molar-refractivity contribution in [1.29, 1.82) is 0 Å². The third-order valence-electron chi connectivity index (χ3n) is 7.71. The van der Waals surface area contributed by atoms with Crippen LogP contribution in [0.1, 0.15) is 59.1 Å². The van der Waals surface area contributed by atoms with Gasteiger partial charge in [0.15, 0.2) is 11.5 Å². The van der Waals surface area contributed by atoms with Gasteiger partial charge in [0.05, 0.1) is 20.3 Å². The van der Waals surface area contributed by atoms with Crippen LogP contribution in [0, 0.1) is 12.8 Å². The molecule has 0 bridgehead atoms. The first-order valence-electron chi connectivity index (χ1n) is 13.8. The van der Waals surface area contributed by atoms with E-state index >= 15 is 0 Å². The number of fused-ring (bicyclic) bond motifs is 2. The number of benzene rings is 3. The van der Waals surface area contributed by atoms with Crippen LogP contribution in [0.5, 0.6) is 11.5 Å². The predicted octanol–water partition coefficient (Wildman–Crippen LogP) is 5.81. The van der Waals surface area contributed by atoms with E-state index in [-0.39, 0.29) is 23.8 Å². The predicted molar refractivity (Wildman–Crippen MR) is 157 cm³/mol. The number of H-pyrrole nitrogens is 1. The van der Waals surface area contributed by atoms with Crippen molar-refractivity contribution in [2.45, 2.75) is 45.7 Å². The van der Waals surface area contributed by atoms with Crippen molar-refractivity contribution in [1.82, 2.24) is 15.2 Å². The molecule has 0 fully saturated rings. The first-order chi connectivity index (χ1) is 19.3. The summed E-state index contributed by atoms with van der Waals surface area (Å²) in [7, 11) is 3.21. The Kier molecular flexibility index (Phi) is 7.83. The summed E-state index contributed by atoms with van der Waals surface area (Å²) in [6, 6.07) is 20.7. The van der Waals surface area contributed by atoms with Gasteiger partial charge >= 0.3 is 0 Å². The molecule has 2 atom stereocenters. The van der Waals surface area contributed by atoms with Gasteiger partial charge in [-0.3, -0.25) is 9.59 Å². The second kappa shape index (κ2) is 11.5. The minimum absolute atomic E-state index is 0.106. The van der Waals surface area contributed by atoms with Crippen molar-refractivity contribution in [2.24, 2.45) is 5.92 Å². The lowest BCUT2D eigenvalue weighted by Crippen LogP contribution is -2.49. The number of amides is 2. The molecule has 7 nitrogen and oxygen atoms in total. The van der Waals surface area contributed by atoms with Crippen molar-refractivity contribution in [3.05, 3.63) is 94.7 Å². The molecule has 7 heteroatoms. The number of carbonyl (C=O) groups excluding carboxylic acids is 2. The first kappa shape index (κ1) is 27.3. The third kappa shape index (κ3) is 5.04. The molecule has 2 amide bonds. The van der Waals surface area contributed by atoms with Crippen molar-refractivity contribution < 1.29 is 19.1 Å². The van der Waals surface area contributed by atoms with E-state index in [0.29, 0.717) is 36.4 Å². The molecule has 1 aromatic heterocycles. The molecule has 0 radical (unpaired) electrons. The van der Waals surface area contributed by atoms with Crippen molar-refractivity contribution in [3.63, 3.8) is 0 Å². The molecule has 0 saturated heterocycles. The van der Waals surface area contributed by atoms with Crippen LogP contribution in [-0.2, 0) is 11.2 Å². The molecular weight excluding hydrogens is 502 g/mol. The zero-order valence-electron chi connectivity index (χ0n) is 23.8. The Morgan fingerprint density at radius 2 is 1.73 bits per heavy atom. The minimum Gasteiger partial charge on any atom is -0.493 e. The third-order valence-corrected chi connectivity index (χ3v) is 7.71. The molecule has 40 heavy (non-hydrogen) atoms. The van der Waals surface area contributed by atoms with Crippen LogP contribution in [0.15, 0.2) is 66.7 Å². The Hall–Kier alpha value is -4.26. The standard InChI is InChI=1S/C33H37N3O4/c1-20(2)18-27(32(37)34-17-16-22-14-15-28(39-4)29(19-22)40-5)36-31(23-10-6-7-11-24(23)33(36)38)30-21(3)35-26-13-9-8-12-25(26)30/h6-15,19-20,27,31,35H,16-18H2,1-5H3,(H,34,37). The fraction of sp³-hybridized carbons (Fsp3) is 0.333. The zero-order valence-corrected chi connectivity index (χ0v) is 23.8. The molecule has 0 spiro atoms. The molecule has 2 N–H and O–H groups in total. The van der Waals surface area contributed by atoms with Crippen molar-refractivity contribution in [3.8, 4) is 11.5 Å². The quantitative estimate of drug-likeness (QED) is 0.266. The monoisotopic (exact) mass is 539 g/mol. The van der Waals surface area contributed by atoms with Crippen LogP contribution in [0.2, 0.25) is 0 Å². The number of hydrogen-bond donors (Lipinski definition) is 2. The van der Waals surface area contributed by atoms with Gasteiger partial charge in [-0.25, -0.2) is 0 Å². The van der Waals surface area contributed by atoms with E-state index < -0.39 is 6.04 Å². The van der Waals surface area contributed by atoms with Gasteiger partial charge in [0.1, 0.15) is 6.04 Å². The number of hydrogen-bond acceptors (Lipinski definition) is 4. The molecule has 1 aliphatic heterocycles. The smallest absolute Gasteiger partial charge is 0.255 e. The summed E-state index contributed by atoms with van der Waals surface area (Å²) in [6.07, 6.45) is 1.18. The molecule has 3 aromatic carbocycles. The molecule has 4 aromatic rings. The van der Waals surface area contributed by atoms with Crippen LogP contribution >= 0.6 is 0 Å². The highest BCUT2D eigenvalue weighted by Gasteiger charge is 2.45. The number of nitrogens with zero attached hydrogens (tertiary/aromatic N) is 1. The fourth-order valence-electron chi connectivity index (χ4n) is 5.88. The van der Waals surface area contributed by atoms with Crippen LogP contribution in [0.3, 0.4) is 0 Å². The second-order valence-corrected chi connectivity index (χ2v) is 10.8. The number of nitrogens with one attached hydrogen (secondary N) is 2. The van der Waals surface area contributed by atoms with E-state index in [1.165, 1.54) is 0 Å². The Bertz CT molecular complexity index is 1540. The highest BCUT2D eigenvalue weighted by molar-refractivity contribution is 6.03. The number of carbonyl (C=O) groups is 2. The van der Waals surface area contributed by atoms with Crippen molar-refractivity contribution in [2.75, 3.05) is 20.8 Å². The molecular formula is C33H37N3O4. The van der Waals surface area contributed by atoms with Gasteiger partial charge in [-0.2, -0.15) is 0 Å². The number of methoxy groups -OCH3 is 2. The number of aromatic amines is 1. The molecule has 0 saturated carbocycles. The largest absolute Gasteiger partial charge is 0.493 e. The normalized spacial score (nSPS) is 15.4. The van der Waals surface area contributed by atoms with E-state index in [9.17, 15) is 9.59 Å². The fourth-order valence-corrected chi connectivity index (χ4v) is 5.88. The zero-order chi connectivity index (χ0) is 28.4. The van der Waals surface area contributed by atoms with Crippen LogP contribution in [0.4, 0.5) is 0 Å². The summed E-state index contributed by atoms with van der Waals surface area (Å²) in [5.74, 6) is 1.28. The van der Waals surface area contributed by atoms with E-state index in [1.807, 2.05) is 72.5 Å². The van der Waals surface area contributed by atoms with Crippen LogP contribution in [0.25, 0.3) is 10.9 Å². The lowest BCUT2D eigenvalue weighted by Gasteiger charge is -2.34. The molecule has 2 unspecified atom stereocenters. The number of aryl methyl sites for hydroxylation is 1. The lowest BCUT2D eigenvalue weighted by molar-refractivity contribution is -0.126. The highest BCUT2D eigenvalue weighted by Crippen LogP contribution is 2.44. The van der Waals surface area contributed by atoms with Gasteiger partial charge < -0.3 is 24.7 Å². The molecule has 5 rings (SSSR count). The average Bonchev–Trinajstić information content (AvgIpc) is 3.43. The Morgan fingerprint density at radius 1 is 1.00 bits per heavy atom. The molecule has 1 aliphatic rings. The summed E-state index contributed by atoms with van der Waals surface area (Å²) in [4.78, 5) is 33.2. The molecule has 2 heterocycles. The molecule has 0 aliphatic carbocycles. The van der Waals surface area contributed by atoms with Gasteiger partial charge in [-0.1, -0.05) is 56.3 Å². The maximum atomic E-state index is 14.0. The van der Waals surface area contributed by atoms with Gasteiger partial charge in [0.2, 0.25) is 5.91 Å². The summed E-state index contributed by atoms with van der Waals surface area (Å²) >= 11 is 0. The number of aromatic nitrogens is 1. The van der Waals surface area contributed by atoms with E-state index in [2.05, 4.69) is 30.2 Å². The highest BCUT2D eigenvalue weighted by atomic mass is 16.5. The summed E-state index contributed by atoms with van der Waals surface area (Å²) < 4.78 is 10.8. The van der Waals surface area contributed by atoms with Crippen LogP contribution < -0.4 is 14.8 Å². The second-order valence-electron chi connectivity index (χ2n) is 10.8. The molecule has 208 valence electrons. The van der Waals surface area contributed by atoms with Crippen molar-refractivity contribution >= 4 is 22.7 Å². The average molecular weight is 540 g/mol. The Labute approximate surface area is 235 Å². The topological polar surface area (TPSA) is 83.7 Å². The van der Waals surface area contributed by atoms with E-state index in [0.717, 1.165) is 33.3 Å². The van der Waals surface area contributed by atoms with Gasteiger partial charge in [-0.15, -0.1) is 0 Å². The van der Waals surface area contributed by atoms with Crippen LogP contribution in [-0.4, -0.2) is 48.5 Å². The van der Waals surface area contributed by atoms with Gasteiger partial charge in [0, 0.05) is 34.3 Å². The van der Waals surface area contributed by atoms with Gasteiger partial charge in [-0.05, 0) is 61.1 Å². The van der Waals surface area contributed by atoms with E-state index in [1.54, 1.807) is 14.2 Å². The SMILES string of the molecule is COc1ccc(CCNC(=O)C(CC(C)C)N2C(=O)c3ccccc3C2c2c(C)[nH]c3ccccc23)cc1OC. The van der Waals surface area contributed by atoms with Gasteiger partial charge in [0.25, 0.3) is 5.91 Å². The minimum atomic E-state index is -0.622. The van der Waals surface area contributed by atoms with E-state index in [4.69, 9.17) is 9.47 Å². The summed E-state index contributed by atoms with van der Waals surface area (Å²) in [5, 5.41) is 4.20. The maximum Gasteiger partial charge on any atom is 0.255 e. The summed E-state index contributed by atoms with van der Waals surface area (Å²) in [6.45, 7) is 6.65. The first-order valence-corrected chi connectivity index (χ1v) is 13.8. The number of rotatable bonds is 10. The Balaban J connectivity index is 1.46. The number of para-hydroxylation sites is 1.